The average Bonchev–Trinajstić information content (AvgIpc) is 3.60. The number of halogens is 2. The molecule has 48 heavy (non-hydrogen) atoms. The van der Waals surface area contributed by atoms with Gasteiger partial charge in [0.25, 0.3) is 10.0 Å². The van der Waals surface area contributed by atoms with Gasteiger partial charge in [-0.3, -0.25) is 13.9 Å². The van der Waals surface area contributed by atoms with Crippen LogP contribution in [-0.2, 0) is 32.6 Å². The first-order valence-electron chi connectivity index (χ1n) is 16.0. The van der Waals surface area contributed by atoms with Crippen LogP contribution in [0.15, 0.2) is 112 Å². The van der Waals surface area contributed by atoms with Crippen LogP contribution in [0.25, 0.3) is 0 Å². The van der Waals surface area contributed by atoms with Gasteiger partial charge < -0.3 is 15.0 Å². The van der Waals surface area contributed by atoms with Crippen molar-refractivity contribution in [2.24, 2.45) is 0 Å². The van der Waals surface area contributed by atoms with Crippen molar-refractivity contribution in [2.45, 2.75) is 62.6 Å². The predicted octanol–water partition coefficient (Wildman–Crippen LogP) is 7.40. The van der Waals surface area contributed by atoms with Crippen molar-refractivity contribution in [1.29, 1.82) is 0 Å². The molecule has 11 heteroatoms. The summed E-state index contributed by atoms with van der Waals surface area (Å²) in [6.07, 6.45) is 4.08. The number of sulfonamides is 1. The summed E-state index contributed by atoms with van der Waals surface area (Å²) in [4.78, 5) is 30.3. The molecule has 0 heterocycles. The van der Waals surface area contributed by atoms with E-state index in [1.807, 2.05) is 37.3 Å². The number of carbonyl (C=O) groups is 2. The molecule has 1 N–H and O–H groups in total. The van der Waals surface area contributed by atoms with Gasteiger partial charge in [-0.1, -0.05) is 82.8 Å². The zero-order valence-electron chi connectivity index (χ0n) is 26.7. The first kappa shape index (κ1) is 35.4. The van der Waals surface area contributed by atoms with E-state index < -0.39 is 28.5 Å². The second kappa shape index (κ2) is 16.5. The van der Waals surface area contributed by atoms with Crippen molar-refractivity contribution >= 4 is 55.1 Å². The molecule has 1 atom stereocenters. The molecule has 0 saturated heterocycles. The average molecular weight is 753 g/mol. The maximum absolute atomic E-state index is 14.7. The van der Waals surface area contributed by atoms with E-state index in [9.17, 15) is 18.0 Å². The van der Waals surface area contributed by atoms with Crippen molar-refractivity contribution in [3.63, 3.8) is 0 Å². The van der Waals surface area contributed by atoms with Gasteiger partial charge in [0.1, 0.15) is 18.3 Å². The Morgan fingerprint density at radius 1 is 0.896 bits per heavy atom. The quantitative estimate of drug-likeness (QED) is 0.145. The molecule has 0 spiro atoms. The van der Waals surface area contributed by atoms with Crippen LogP contribution < -0.4 is 14.4 Å². The van der Waals surface area contributed by atoms with E-state index in [0.717, 1.165) is 45.6 Å². The van der Waals surface area contributed by atoms with Crippen LogP contribution in [0, 0.1) is 0 Å². The van der Waals surface area contributed by atoms with E-state index in [2.05, 4.69) is 21.2 Å². The standard InChI is InChI=1S/C37H39BrClN3O5S/c1-2-47-33-20-18-32(19-21-33)42(48(45,46)34-22-14-29(38)15-23-34)26-36(43)41(25-28-12-16-30(39)17-13-28)35(24-27-8-4-3-5-9-27)37(44)40-31-10-6-7-11-31/h3-5,8-9,12-23,31,35H,2,6-7,10-11,24-26H2,1H3,(H,40,44)/t35-/m1/s1. The number of hydrogen-bond acceptors (Lipinski definition) is 5. The van der Waals surface area contributed by atoms with Crippen LogP contribution >= 0.6 is 27.5 Å². The molecule has 0 bridgehead atoms. The number of nitrogens with zero attached hydrogens (tertiary/aromatic N) is 2. The fraction of sp³-hybridized carbons (Fsp3) is 0.297. The van der Waals surface area contributed by atoms with Crippen LogP contribution in [-0.4, -0.2) is 50.4 Å². The van der Waals surface area contributed by atoms with Crippen LogP contribution in [0.2, 0.25) is 5.02 Å². The third kappa shape index (κ3) is 9.18. The molecule has 252 valence electrons. The van der Waals surface area contributed by atoms with Gasteiger partial charge in [0.15, 0.2) is 0 Å². The smallest absolute Gasteiger partial charge is 0.264 e. The normalized spacial score (nSPS) is 13.9. The van der Waals surface area contributed by atoms with Crippen molar-refractivity contribution < 1.29 is 22.7 Å². The summed E-state index contributed by atoms with van der Waals surface area (Å²) in [5.41, 5.74) is 1.92. The Morgan fingerprint density at radius 2 is 1.54 bits per heavy atom. The Morgan fingerprint density at radius 3 is 2.17 bits per heavy atom. The second-order valence-corrected chi connectivity index (χ2v) is 15.0. The first-order valence-corrected chi connectivity index (χ1v) is 18.6. The predicted molar refractivity (Wildman–Crippen MR) is 193 cm³/mol. The second-order valence-electron chi connectivity index (χ2n) is 11.7. The molecular formula is C37H39BrClN3O5S. The van der Waals surface area contributed by atoms with Gasteiger partial charge in [-0.25, -0.2) is 8.42 Å². The third-order valence-electron chi connectivity index (χ3n) is 8.36. The molecule has 1 aliphatic carbocycles. The van der Waals surface area contributed by atoms with E-state index in [0.29, 0.717) is 17.4 Å². The van der Waals surface area contributed by atoms with E-state index in [4.69, 9.17) is 16.3 Å². The topological polar surface area (TPSA) is 96.0 Å². The molecule has 1 aliphatic rings. The van der Waals surface area contributed by atoms with Crippen molar-refractivity contribution in [2.75, 3.05) is 17.5 Å². The summed E-state index contributed by atoms with van der Waals surface area (Å²) in [6, 6.07) is 28.6. The molecule has 0 radical (unpaired) electrons. The summed E-state index contributed by atoms with van der Waals surface area (Å²) >= 11 is 9.55. The van der Waals surface area contributed by atoms with Gasteiger partial charge in [-0.2, -0.15) is 0 Å². The Labute approximate surface area is 296 Å². The summed E-state index contributed by atoms with van der Waals surface area (Å²) in [7, 11) is -4.22. The van der Waals surface area contributed by atoms with Crippen molar-refractivity contribution in [3.8, 4) is 5.75 Å². The number of carbonyl (C=O) groups excluding carboxylic acids is 2. The van der Waals surface area contributed by atoms with Crippen LogP contribution in [0.3, 0.4) is 0 Å². The maximum atomic E-state index is 14.7. The highest BCUT2D eigenvalue weighted by molar-refractivity contribution is 9.10. The van der Waals surface area contributed by atoms with Crippen molar-refractivity contribution in [3.05, 3.63) is 124 Å². The van der Waals surface area contributed by atoms with Crippen LogP contribution in [0.5, 0.6) is 5.75 Å². The van der Waals surface area contributed by atoms with Gasteiger partial charge in [0, 0.05) is 28.5 Å². The van der Waals surface area contributed by atoms with Crippen molar-refractivity contribution in [1.82, 2.24) is 10.2 Å². The zero-order chi connectivity index (χ0) is 34.1. The minimum absolute atomic E-state index is 0.0245. The number of nitrogens with one attached hydrogen (secondary N) is 1. The highest BCUT2D eigenvalue weighted by Gasteiger charge is 2.35. The van der Waals surface area contributed by atoms with Crippen LogP contribution in [0.1, 0.15) is 43.7 Å². The lowest BCUT2D eigenvalue weighted by Gasteiger charge is -2.34. The number of amides is 2. The molecule has 0 unspecified atom stereocenters. The van der Waals surface area contributed by atoms with E-state index >= 15 is 0 Å². The lowest BCUT2D eigenvalue weighted by Crippen LogP contribution is -2.54. The molecule has 1 saturated carbocycles. The number of rotatable bonds is 14. The minimum Gasteiger partial charge on any atom is -0.494 e. The Kier molecular flexibility index (Phi) is 12.2. The lowest BCUT2D eigenvalue weighted by atomic mass is 10.0. The number of anilines is 1. The molecule has 4 aromatic carbocycles. The number of ether oxygens (including phenoxy) is 1. The number of benzene rings is 4. The van der Waals surface area contributed by atoms with E-state index in [1.165, 1.54) is 17.0 Å². The summed E-state index contributed by atoms with van der Waals surface area (Å²) in [5, 5.41) is 3.73. The highest BCUT2D eigenvalue weighted by atomic mass is 79.9. The molecule has 0 aliphatic heterocycles. The molecule has 5 rings (SSSR count). The van der Waals surface area contributed by atoms with Gasteiger partial charge in [0.05, 0.1) is 17.2 Å². The Hall–Kier alpha value is -3.86. The molecule has 1 fully saturated rings. The van der Waals surface area contributed by atoms with Gasteiger partial charge >= 0.3 is 0 Å². The molecule has 2 amide bonds. The fourth-order valence-electron chi connectivity index (χ4n) is 5.85. The Balaban J connectivity index is 1.56. The van der Waals surface area contributed by atoms with Crippen LogP contribution in [0.4, 0.5) is 5.69 Å². The SMILES string of the molecule is CCOc1ccc(N(CC(=O)N(Cc2ccc(Cl)cc2)[C@H](Cc2ccccc2)C(=O)NC2CCCC2)S(=O)(=O)c2ccc(Br)cc2)cc1. The van der Waals surface area contributed by atoms with Gasteiger partial charge in [-0.05, 0) is 91.6 Å². The molecular weight excluding hydrogens is 714 g/mol. The fourth-order valence-corrected chi connectivity index (χ4v) is 7.65. The molecule has 8 nitrogen and oxygen atoms in total. The highest BCUT2D eigenvalue weighted by Crippen LogP contribution is 2.28. The largest absolute Gasteiger partial charge is 0.494 e. The monoisotopic (exact) mass is 751 g/mol. The summed E-state index contributed by atoms with van der Waals surface area (Å²) in [6.45, 7) is 1.84. The van der Waals surface area contributed by atoms with Gasteiger partial charge in [0.2, 0.25) is 11.8 Å². The molecule has 4 aromatic rings. The third-order valence-corrected chi connectivity index (χ3v) is 10.9. The minimum atomic E-state index is -4.22. The lowest BCUT2D eigenvalue weighted by molar-refractivity contribution is -0.140. The summed E-state index contributed by atoms with van der Waals surface area (Å²) in [5.74, 6) is -0.220. The molecule has 0 aromatic heterocycles. The summed E-state index contributed by atoms with van der Waals surface area (Å²) < 4.78 is 35.9. The zero-order valence-corrected chi connectivity index (χ0v) is 29.9. The van der Waals surface area contributed by atoms with E-state index in [-0.39, 0.29) is 35.5 Å². The number of hydrogen-bond donors (Lipinski definition) is 1. The maximum Gasteiger partial charge on any atom is 0.264 e. The first-order chi connectivity index (χ1) is 23.1. The van der Waals surface area contributed by atoms with E-state index in [1.54, 1.807) is 60.7 Å². The Bertz CT molecular complexity index is 1770. The van der Waals surface area contributed by atoms with Gasteiger partial charge in [-0.15, -0.1) is 0 Å².